The fourth-order valence-electron chi connectivity index (χ4n) is 3.17. The van der Waals surface area contributed by atoms with Gasteiger partial charge in [0.2, 0.25) is 5.91 Å². The van der Waals surface area contributed by atoms with Crippen LogP contribution in [0.5, 0.6) is 0 Å². The summed E-state index contributed by atoms with van der Waals surface area (Å²) in [6.07, 6.45) is 0. The quantitative estimate of drug-likeness (QED) is 0.670. The summed E-state index contributed by atoms with van der Waals surface area (Å²) in [6, 6.07) is 9.48. The second kappa shape index (κ2) is 4.99. The monoisotopic (exact) mass is 340 g/mol. The first-order chi connectivity index (χ1) is 11.8. The standard InChI is InChI=1S/C19H14F2N2O2/c1-19(2)17(24)15-16(13-9-11(21)5-8-14(13)22-15)23(18(19)25)12-6-3-10(20)4-7-12/h3-9,22H,1-2H3. The van der Waals surface area contributed by atoms with E-state index < -0.39 is 23.0 Å². The number of benzene rings is 2. The molecule has 1 aliphatic rings. The first kappa shape index (κ1) is 15.5. The van der Waals surface area contributed by atoms with E-state index in [-0.39, 0.29) is 11.5 Å². The molecule has 0 saturated heterocycles. The van der Waals surface area contributed by atoms with E-state index in [0.717, 1.165) is 0 Å². The van der Waals surface area contributed by atoms with Gasteiger partial charge in [-0.1, -0.05) is 0 Å². The SMILES string of the molecule is CC1(C)C(=O)c2[nH]c3ccc(F)cc3c2N(c2ccc(F)cc2)C1=O. The molecule has 0 atom stereocenters. The van der Waals surface area contributed by atoms with E-state index >= 15 is 0 Å². The molecule has 4 nitrogen and oxygen atoms in total. The zero-order chi connectivity index (χ0) is 17.9. The van der Waals surface area contributed by atoms with Crippen molar-refractivity contribution < 1.29 is 18.4 Å². The van der Waals surface area contributed by atoms with Gasteiger partial charge >= 0.3 is 0 Å². The maximum absolute atomic E-state index is 13.8. The predicted molar refractivity (Wildman–Crippen MR) is 89.9 cm³/mol. The topological polar surface area (TPSA) is 53.2 Å². The molecule has 2 heterocycles. The van der Waals surface area contributed by atoms with Crippen molar-refractivity contribution >= 4 is 34.0 Å². The van der Waals surface area contributed by atoms with Gasteiger partial charge in [0.05, 0.1) is 5.69 Å². The molecule has 1 N–H and O–H groups in total. The Balaban J connectivity index is 2.07. The van der Waals surface area contributed by atoms with Crippen LogP contribution in [0.4, 0.5) is 20.2 Å². The van der Waals surface area contributed by atoms with Gasteiger partial charge < -0.3 is 4.98 Å². The third-order valence-corrected chi connectivity index (χ3v) is 4.57. The molecule has 6 heteroatoms. The van der Waals surface area contributed by atoms with Crippen molar-refractivity contribution in [2.24, 2.45) is 5.41 Å². The lowest BCUT2D eigenvalue weighted by molar-refractivity contribution is -0.124. The summed E-state index contributed by atoms with van der Waals surface area (Å²) < 4.78 is 27.1. The molecule has 4 rings (SSSR count). The van der Waals surface area contributed by atoms with Crippen molar-refractivity contribution in [2.75, 3.05) is 4.90 Å². The Morgan fingerprint density at radius 3 is 2.28 bits per heavy atom. The van der Waals surface area contributed by atoms with Gasteiger partial charge in [-0.25, -0.2) is 8.78 Å². The number of fused-ring (bicyclic) bond motifs is 3. The number of H-pyrrole nitrogens is 1. The molecule has 126 valence electrons. The molecule has 1 aliphatic heterocycles. The molecular formula is C19H14F2N2O2. The number of nitrogens with one attached hydrogen (secondary N) is 1. The van der Waals surface area contributed by atoms with Crippen molar-refractivity contribution in [2.45, 2.75) is 13.8 Å². The number of rotatable bonds is 1. The van der Waals surface area contributed by atoms with Gasteiger partial charge in [0.15, 0.2) is 5.78 Å². The first-order valence-corrected chi connectivity index (χ1v) is 7.77. The van der Waals surface area contributed by atoms with Gasteiger partial charge in [0.25, 0.3) is 0 Å². The average Bonchev–Trinajstić information content (AvgIpc) is 2.94. The number of ketones is 1. The van der Waals surface area contributed by atoms with E-state index in [2.05, 4.69) is 4.98 Å². The third-order valence-electron chi connectivity index (χ3n) is 4.57. The molecule has 0 aliphatic carbocycles. The smallest absolute Gasteiger partial charge is 0.245 e. The van der Waals surface area contributed by atoms with Crippen molar-refractivity contribution in [3.63, 3.8) is 0 Å². The highest BCUT2D eigenvalue weighted by molar-refractivity contribution is 6.29. The second-order valence-corrected chi connectivity index (χ2v) is 6.61. The number of aromatic nitrogens is 1. The number of carbonyl (C=O) groups is 2. The fraction of sp³-hybridized carbons (Fsp3) is 0.158. The van der Waals surface area contributed by atoms with Gasteiger partial charge in [0.1, 0.15) is 22.7 Å². The van der Waals surface area contributed by atoms with Gasteiger partial charge in [0, 0.05) is 16.6 Å². The van der Waals surface area contributed by atoms with Crippen LogP contribution in [0.3, 0.4) is 0 Å². The Kier molecular flexibility index (Phi) is 3.09. The van der Waals surface area contributed by atoms with E-state index in [9.17, 15) is 18.4 Å². The molecular weight excluding hydrogens is 326 g/mol. The van der Waals surface area contributed by atoms with Crippen LogP contribution in [0.1, 0.15) is 24.3 Å². The molecule has 3 aromatic rings. The van der Waals surface area contributed by atoms with Crippen molar-refractivity contribution in [3.8, 4) is 0 Å². The lowest BCUT2D eigenvalue weighted by Gasteiger charge is -2.35. The van der Waals surface area contributed by atoms with Gasteiger partial charge in [-0.05, 0) is 56.3 Å². The summed E-state index contributed by atoms with van der Waals surface area (Å²) in [5.41, 5.74) is 0.224. The fourth-order valence-corrected chi connectivity index (χ4v) is 3.17. The number of Topliss-reactive ketones (excluding diaryl/α,β-unsaturated/α-hetero) is 1. The van der Waals surface area contributed by atoms with E-state index in [4.69, 9.17) is 0 Å². The summed E-state index contributed by atoms with van der Waals surface area (Å²) in [5, 5.41) is 0.427. The number of hydrogen-bond acceptors (Lipinski definition) is 2. The van der Waals surface area contributed by atoms with Crippen LogP contribution in [0.15, 0.2) is 42.5 Å². The number of anilines is 2. The van der Waals surface area contributed by atoms with Crippen molar-refractivity contribution in [1.29, 1.82) is 0 Å². The predicted octanol–water partition coefficient (Wildman–Crippen LogP) is 4.33. The van der Waals surface area contributed by atoms with Gasteiger partial charge in [-0.15, -0.1) is 0 Å². The molecule has 1 amide bonds. The molecule has 25 heavy (non-hydrogen) atoms. The highest BCUT2D eigenvalue weighted by atomic mass is 19.1. The summed E-state index contributed by atoms with van der Waals surface area (Å²) >= 11 is 0. The Bertz CT molecular complexity index is 1040. The lowest BCUT2D eigenvalue weighted by atomic mass is 9.81. The number of halogens is 2. The number of carbonyl (C=O) groups excluding carboxylic acids is 2. The minimum atomic E-state index is -1.29. The van der Waals surface area contributed by atoms with Crippen LogP contribution in [-0.4, -0.2) is 16.7 Å². The Hall–Kier alpha value is -3.02. The van der Waals surface area contributed by atoms with Crippen LogP contribution < -0.4 is 4.90 Å². The van der Waals surface area contributed by atoms with Crippen LogP contribution >= 0.6 is 0 Å². The summed E-state index contributed by atoms with van der Waals surface area (Å²) in [5.74, 6) is -1.71. The van der Waals surface area contributed by atoms with E-state index in [0.29, 0.717) is 22.3 Å². The minimum absolute atomic E-state index is 0.245. The second-order valence-electron chi connectivity index (χ2n) is 6.61. The van der Waals surface area contributed by atoms with E-state index in [1.54, 1.807) is 13.8 Å². The molecule has 0 fully saturated rings. The molecule has 0 radical (unpaired) electrons. The van der Waals surface area contributed by atoms with Crippen molar-refractivity contribution in [1.82, 2.24) is 4.98 Å². The minimum Gasteiger partial charge on any atom is -0.350 e. The molecule has 0 spiro atoms. The Labute approximate surface area is 142 Å². The number of nitrogens with zero attached hydrogens (tertiary/aromatic N) is 1. The number of hydrogen-bond donors (Lipinski definition) is 1. The van der Waals surface area contributed by atoms with Crippen LogP contribution in [0.2, 0.25) is 0 Å². The largest absolute Gasteiger partial charge is 0.350 e. The molecule has 0 bridgehead atoms. The summed E-state index contributed by atoms with van der Waals surface area (Å²) in [7, 11) is 0. The molecule has 1 aromatic heterocycles. The highest BCUT2D eigenvalue weighted by Gasteiger charge is 2.48. The normalized spacial score (nSPS) is 16.4. The van der Waals surface area contributed by atoms with E-state index in [1.807, 2.05) is 0 Å². The van der Waals surface area contributed by atoms with Crippen LogP contribution in [0, 0.1) is 17.0 Å². The average molecular weight is 340 g/mol. The van der Waals surface area contributed by atoms with E-state index in [1.165, 1.54) is 47.4 Å². The number of aromatic amines is 1. The molecule has 0 saturated carbocycles. The summed E-state index contributed by atoms with van der Waals surface area (Å²) in [4.78, 5) is 30.2. The zero-order valence-electron chi connectivity index (χ0n) is 13.6. The summed E-state index contributed by atoms with van der Waals surface area (Å²) in [6.45, 7) is 3.09. The highest BCUT2D eigenvalue weighted by Crippen LogP contribution is 2.45. The zero-order valence-corrected chi connectivity index (χ0v) is 13.6. The lowest BCUT2D eigenvalue weighted by Crippen LogP contribution is -2.47. The Morgan fingerprint density at radius 2 is 1.60 bits per heavy atom. The maximum atomic E-state index is 13.8. The van der Waals surface area contributed by atoms with Crippen LogP contribution in [0.25, 0.3) is 10.9 Å². The van der Waals surface area contributed by atoms with Gasteiger partial charge in [-0.3, -0.25) is 14.5 Å². The number of amides is 1. The van der Waals surface area contributed by atoms with Crippen LogP contribution in [-0.2, 0) is 4.79 Å². The maximum Gasteiger partial charge on any atom is 0.245 e. The van der Waals surface area contributed by atoms with Crippen molar-refractivity contribution in [3.05, 3.63) is 59.8 Å². The molecule has 2 aromatic carbocycles. The third kappa shape index (κ3) is 2.10. The van der Waals surface area contributed by atoms with Gasteiger partial charge in [-0.2, -0.15) is 0 Å². The first-order valence-electron chi connectivity index (χ1n) is 7.77. The Morgan fingerprint density at radius 1 is 0.960 bits per heavy atom. The molecule has 0 unspecified atom stereocenters.